The summed E-state index contributed by atoms with van der Waals surface area (Å²) in [4.78, 5) is 11.6. The summed E-state index contributed by atoms with van der Waals surface area (Å²) in [6, 6.07) is 0. The highest BCUT2D eigenvalue weighted by Crippen LogP contribution is 2.20. The minimum Gasteiger partial charge on any atom is -0.455 e. The molecular formula is C37H66O2. The molecule has 1 aliphatic rings. The van der Waals surface area contributed by atoms with Gasteiger partial charge in [-0.05, 0) is 64.4 Å². The average Bonchev–Trinajstić information content (AvgIpc) is 3.26. The van der Waals surface area contributed by atoms with E-state index >= 15 is 0 Å². The quantitative estimate of drug-likeness (QED) is 0.0533. The van der Waals surface area contributed by atoms with Crippen LogP contribution >= 0.6 is 0 Å². The van der Waals surface area contributed by atoms with Gasteiger partial charge in [-0.1, -0.05) is 153 Å². The lowest BCUT2D eigenvalue weighted by Gasteiger charge is -2.03. The van der Waals surface area contributed by atoms with E-state index < -0.39 is 0 Å². The summed E-state index contributed by atoms with van der Waals surface area (Å²) >= 11 is 0. The van der Waals surface area contributed by atoms with Crippen molar-refractivity contribution in [3.63, 3.8) is 0 Å². The van der Waals surface area contributed by atoms with Crippen LogP contribution in [0.3, 0.4) is 0 Å². The first kappa shape index (κ1) is 35.7. The first-order chi connectivity index (χ1) is 19.2. The summed E-state index contributed by atoms with van der Waals surface area (Å²) in [6.07, 6.45) is 47.9. The Kier molecular flexibility index (Phi) is 25.9. The Morgan fingerprint density at radius 1 is 0.538 bits per heavy atom. The van der Waals surface area contributed by atoms with Gasteiger partial charge in [-0.25, -0.2) is 4.79 Å². The van der Waals surface area contributed by atoms with Gasteiger partial charge in [0.25, 0.3) is 0 Å². The fourth-order valence-electron chi connectivity index (χ4n) is 5.57. The Bertz CT molecular complexity index is 629. The SMILES string of the molecule is CCCCCCCCCCCCCC/C=C\CC/C=C\CCCCCCCCCCCCC1=C[C@H](C)OC1=O. The van der Waals surface area contributed by atoms with E-state index in [4.69, 9.17) is 4.74 Å². The molecule has 0 saturated carbocycles. The van der Waals surface area contributed by atoms with E-state index in [1.54, 1.807) is 0 Å². The fraction of sp³-hybridized carbons (Fsp3) is 0.811. The maximum Gasteiger partial charge on any atom is 0.334 e. The summed E-state index contributed by atoms with van der Waals surface area (Å²) in [6.45, 7) is 4.23. The third kappa shape index (κ3) is 24.2. The van der Waals surface area contributed by atoms with Crippen LogP contribution in [0.4, 0.5) is 0 Å². The summed E-state index contributed by atoms with van der Waals surface area (Å²) in [5, 5.41) is 0. The zero-order valence-electron chi connectivity index (χ0n) is 26.4. The zero-order valence-corrected chi connectivity index (χ0v) is 26.4. The van der Waals surface area contributed by atoms with E-state index in [-0.39, 0.29) is 12.1 Å². The second-order valence-corrected chi connectivity index (χ2v) is 12.1. The molecule has 2 heteroatoms. The highest BCUT2D eigenvalue weighted by atomic mass is 16.5. The van der Waals surface area contributed by atoms with Crippen molar-refractivity contribution in [2.24, 2.45) is 0 Å². The summed E-state index contributed by atoms with van der Waals surface area (Å²) < 4.78 is 5.15. The predicted molar refractivity (Wildman–Crippen MR) is 172 cm³/mol. The van der Waals surface area contributed by atoms with Crippen molar-refractivity contribution in [2.45, 2.75) is 193 Å². The highest BCUT2D eigenvalue weighted by Gasteiger charge is 2.21. The molecule has 2 nitrogen and oxygen atoms in total. The Balaban J connectivity index is 1.71. The topological polar surface area (TPSA) is 26.3 Å². The van der Waals surface area contributed by atoms with Gasteiger partial charge in [0.1, 0.15) is 6.10 Å². The van der Waals surface area contributed by atoms with Gasteiger partial charge in [-0.2, -0.15) is 0 Å². The van der Waals surface area contributed by atoms with Gasteiger partial charge in [0, 0.05) is 5.57 Å². The predicted octanol–water partition coefficient (Wildman–Crippen LogP) is 12.5. The van der Waals surface area contributed by atoms with Crippen LogP contribution < -0.4 is 0 Å². The van der Waals surface area contributed by atoms with Crippen molar-refractivity contribution in [3.8, 4) is 0 Å². The molecule has 39 heavy (non-hydrogen) atoms. The Labute approximate surface area is 244 Å². The minimum atomic E-state index is -0.0921. The van der Waals surface area contributed by atoms with Crippen LogP contribution in [0.5, 0.6) is 0 Å². The van der Waals surface area contributed by atoms with E-state index in [2.05, 4.69) is 31.2 Å². The number of unbranched alkanes of at least 4 members (excludes halogenated alkanes) is 23. The number of hydrogen-bond donors (Lipinski definition) is 0. The number of esters is 1. The van der Waals surface area contributed by atoms with Crippen LogP contribution in [0.2, 0.25) is 0 Å². The van der Waals surface area contributed by atoms with E-state index in [0.29, 0.717) is 0 Å². The lowest BCUT2D eigenvalue weighted by molar-refractivity contribution is -0.139. The molecule has 1 aliphatic heterocycles. The summed E-state index contributed by atoms with van der Waals surface area (Å²) in [7, 11) is 0. The van der Waals surface area contributed by atoms with Crippen LogP contribution in [-0.2, 0) is 9.53 Å². The molecule has 0 aromatic heterocycles. The lowest BCUT2D eigenvalue weighted by Crippen LogP contribution is -2.03. The molecule has 0 aromatic carbocycles. The average molecular weight is 543 g/mol. The lowest BCUT2D eigenvalue weighted by atomic mass is 10.0. The molecule has 1 atom stereocenters. The van der Waals surface area contributed by atoms with Crippen LogP contribution in [0.1, 0.15) is 187 Å². The molecule has 226 valence electrons. The van der Waals surface area contributed by atoms with Gasteiger partial charge in [0.05, 0.1) is 0 Å². The number of hydrogen-bond acceptors (Lipinski definition) is 2. The minimum absolute atomic E-state index is 0.0190. The zero-order chi connectivity index (χ0) is 28.1. The normalized spacial score (nSPS) is 15.6. The maximum absolute atomic E-state index is 11.6. The third-order valence-electron chi connectivity index (χ3n) is 8.12. The van der Waals surface area contributed by atoms with E-state index in [9.17, 15) is 4.79 Å². The van der Waals surface area contributed by atoms with E-state index in [1.165, 1.54) is 161 Å². The van der Waals surface area contributed by atoms with Crippen molar-refractivity contribution in [2.75, 3.05) is 0 Å². The maximum atomic E-state index is 11.6. The fourth-order valence-corrected chi connectivity index (χ4v) is 5.57. The molecule has 0 amide bonds. The van der Waals surface area contributed by atoms with Crippen LogP contribution in [0, 0.1) is 0 Å². The number of rotatable bonds is 29. The van der Waals surface area contributed by atoms with Crippen molar-refractivity contribution < 1.29 is 9.53 Å². The standard InChI is InChI=1S/C37H66O2/c1-3-4-5-6-7-8-9-10-11-12-13-14-15-16-17-18-19-20-21-22-23-24-25-26-27-28-29-30-31-32-33-36-34-35(2)39-37(36)38/h16-17,20-21,34-35H,3-15,18-19,22-33H2,1-2H3/b17-16-,21-20-/t35-/m0/s1. The second-order valence-electron chi connectivity index (χ2n) is 12.1. The van der Waals surface area contributed by atoms with E-state index in [1.807, 2.05) is 13.0 Å². The van der Waals surface area contributed by atoms with Gasteiger partial charge >= 0.3 is 5.97 Å². The number of carbonyl (C=O) groups is 1. The van der Waals surface area contributed by atoms with Crippen molar-refractivity contribution in [1.29, 1.82) is 0 Å². The second kappa shape index (κ2) is 28.2. The van der Waals surface area contributed by atoms with Crippen LogP contribution in [0.15, 0.2) is 36.0 Å². The van der Waals surface area contributed by atoms with E-state index in [0.717, 1.165) is 18.4 Å². The first-order valence-electron chi connectivity index (χ1n) is 17.5. The number of carbonyl (C=O) groups excluding carboxylic acids is 1. The summed E-state index contributed by atoms with van der Waals surface area (Å²) in [5.41, 5.74) is 0.898. The van der Waals surface area contributed by atoms with Crippen LogP contribution in [-0.4, -0.2) is 12.1 Å². The molecule has 0 unspecified atom stereocenters. The largest absolute Gasteiger partial charge is 0.455 e. The number of allylic oxidation sites excluding steroid dienone is 4. The van der Waals surface area contributed by atoms with Gasteiger partial charge < -0.3 is 4.74 Å². The molecule has 0 bridgehead atoms. The monoisotopic (exact) mass is 543 g/mol. The van der Waals surface area contributed by atoms with Crippen molar-refractivity contribution in [1.82, 2.24) is 0 Å². The third-order valence-corrected chi connectivity index (χ3v) is 8.12. The smallest absolute Gasteiger partial charge is 0.334 e. The number of cyclic esters (lactones) is 1. The van der Waals surface area contributed by atoms with Crippen LogP contribution in [0.25, 0.3) is 0 Å². The highest BCUT2D eigenvalue weighted by molar-refractivity contribution is 5.90. The Morgan fingerprint density at radius 2 is 0.897 bits per heavy atom. The molecule has 0 radical (unpaired) electrons. The first-order valence-corrected chi connectivity index (χ1v) is 17.5. The Morgan fingerprint density at radius 3 is 1.28 bits per heavy atom. The molecule has 1 heterocycles. The molecule has 0 fully saturated rings. The molecule has 0 aromatic rings. The van der Waals surface area contributed by atoms with Gasteiger partial charge in [-0.15, -0.1) is 0 Å². The Hall–Kier alpha value is -1.31. The molecule has 1 rings (SSSR count). The molecular weight excluding hydrogens is 476 g/mol. The molecule has 0 spiro atoms. The number of ether oxygens (including phenoxy) is 1. The molecule has 0 N–H and O–H groups in total. The van der Waals surface area contributed by atoms with Crippen molar-refractivity contribution in [3.05, 3.63) is 36.0 Å². The van der Waals surface area contributed by atoms with Gasteiger partial charge in [0.15, 0.2) is 0 Å². The van der Waals surface area contributed by atoms with Crippen molar-refractivity contribution >= 4 is 5.97 Å². The van der Waals surface area contributed by atoms with Gasteiger partial charge in [0.2, 0.25) is 0 Å². The molecule has 0 saturated heterocycles. The summed E-state index contributed by atoms with van der Waals surface area (Å²) in [5.74, 6) is -0.0921. The molecule has 0 aliphatic carbocycles. The van der Waals surface area contributed by atoms with Gasteiger partial charge in [-0.3, -0.25) is 0 Å².